The van der Waals surface area contributed by atoms with Crippen molar-refractivity contribution in [2.45, 2.75) is 0 Å². The number of hydrogen-bond acceptors (Lipinski definition) is 3. The lowest BCUT2D eigenvalue weighted by atomic mass is 9.98. The highest BCUT2D eigenvalue weighted by molar-refractivity contribution is 6.20. The van der Waals surface area contributed by atoms with E-state index in [9.17, 15) is 0 Å². The van der Waals surface area contributed by atoms with Crippen LogP contribution in [0.25, 0.3) is 71.2 Å². The van der Waals surface area contributed by atoms with Gasteiger partial charge in [-0.1, -0.05) is 133 Å². The Kier molecular flexibility index (Phi) is 8.79. The Labute approximate surface area is 365 Å². The molecule has 0 fully saturated rings. The average molecular weight is 805 g/mol. The van der Waals surface area contributed by atoms with E-state index in [4.69, 9.17) is 4.98 Å². The third-order valence-corrected chi connectivity index (χ3v) is 12.3. The highest BCUT2D eigenvalue weighted by Gasteiger charge is 2.20. The summed E-state index contributed by atoms with van der Waals surface area (Å²) < 4.78 is 2.41. The summed E-state index contributed by atoms with van der Waals surface area (Å²) in [5, 5.41) is 8.35. The van der Waals surface area contributed by atoms with E-state index < -0.39 is 0 Å². The first-order valence-corrected chi connectivity index (χ1v) is 21.5. The lowest BCUT2D eigenvalue weighted by Crippen LogP contribution is -2.12. The second-order valence-electron chi connectivity index (χ2n) is 16.0. The molecule has 0 N–H and O–H groups in total. The number of nitrogens with zero attached hydrogens (tertiary/aromatic N) is 4. The molecule has 0 aliphatic rings. The van der Waals surface area contributed by atoms with Crippen LogP contribution in [-0.2, 0) is 0 Å². The van der Waals surface area contributed by atoms with Gasteiger partial charge in [-0.05, 0) is 125 Å². The van der Waals surface area contributed by atoms with Crippen molar-refractivity contribution >= 4 is 88.4 Å². The van der Waals surface area contributed by atoms with Gasteiger partial charge >= 0.3 is 0 Å². The Morgan fingerprint density at radius 1 is 0.302 bits per heavy atom. The molecule has 0 aliphatic carbocycles. The highest BCUT2D eigenvalue weighted by Crippen LogP contribution is 2.43. The van der Waals surface area contributed by atoms with Crippen LogP contribution in [0.2, 0.25) is 0 Å². The number of benzene rings is 10. The van der Waals surface area contributed by atoms with Crippen LogP contribution in [-0.4, -0.2) is 9.55 Å². The van der Waals surface area contributed by atoms with E-state index in [0.717, 1.165) is 78.4 Å². The smallest absolute Gasteiger partial charge is 0.0788 e. The monoisotopic (exact) mass is 804 g/mol. The van der Waals surface area contributed by atoms with Gasteiger partial charge in [0.2, 0.25) is 0 Å². The van der Waals surface area contributed by atoms with Gasteiger partial charge in [0.05, 0.1) is 22.2 Å². The normalized spacial score (nSPS) is 11.5. The van der Waals surface area contributed by atoms with Gasteiger partial charge in [0, 0.05) is 66.9 Å². The molecule has 0 saturated carbocycles. The van der Waals surface area contributed by atoms with Gasteiger partial charge in [0.1, 0.15) is 0 Å². The molecular formula is C59H40N4. The van der Waals surface area contributed by atoms with Gasteiger partial charge in [-0.2, -0.15) is 0 Å². The third-order valence-electron chi connectivity index (χ3n) is 12.3. The van der Waals surface area contributed by atoms with Crippen molar-refractivity contribution in [3.63, 3.8) is 0 Å². The first-order chi connectivity index (χ1) is 31.2. The molecule has 296 valence electrons. The van der Waals surface area contributed by atoms with E-state index in [1.54, 1.807) is 0 Å². The molecule has 2 aromatic heterocycles. The maximum atomic E-state index is 5.27. The van der Waals surface area contributed by atoms with Gasteiger partial charge in [-0.3, -0.25) is 0 Å². The van der Waals surface area contributed by atoms with E-state index in [1.807, 2.05) is 0 Å². The summed E-state index contributed by atoms with van der Waals surface area (Å²) in [6.45, 7) is 0. The van der Waals surface area contributed by atoms with Crippen LogP contribution < -0.4 is 9.80 Å². The summed E-state index contributed by atoms with van der Waals surface area (Å²) in [6, 6.07) is 86.9. The fraction of sp³-hybridized carbons (Fsp3) is 0. The van der Waals surface area contributed by atoms with E-state index in [1.165, 1.54) is 26.9 Å². The Morgan fingerprint density at radius 2 is 0.810 bits per heavy atom. The van der Waals surface area contributed by atoms with Gasteiger partial charge in [-0.15, -0.1) is 0 Å². The molecule has 2 heterocycles. The number of fused-ring (bicyclic) bond motifs is 7. The Balaban J connectivity index is 1.01. The topological polar surface area (TPSA) is 24.3 Å². The molecule has 0 radical (unpaired) electrons. The van der Waals surface area contributed by atoms with Gasteiger partial charge in [0.15, 0.2) is 0 Å². The molecule has 0 aliphatic heterocycles. The van der Waals surface area contributed by atoms with Crippen molar-refractivity contribution < 1.29 is 0 Å². The van der Waals surface area contributed by atoms with Gasteiger partial charge < -0.3 is 14.4 Å². The molecule has 10 aromatic carbocycles. The van der Waals surface area contributed by atoms with Crippen molar-refractivity contribution in [1.82, 2.24) is 9.55 Å². The highest BCUT2D eigenvalue weighted by atomic mass is 15.2. The molecule has 12 rings (SSSR count). The van der Waals surface area contributed by atoms with Crippen LogP contribution in [0.3, 0.4) is 0 Å². The lowest BCUT2D eigenvalue weighted by molar-refractivity contribution is 1.17. The number of hydrogen-bond donors (Lipinski definition) is 0. The fourth-order valence-electron chi connectivity index (χ4n) is 9.37. The number of rotatable bonds is 8. The zero-order valence-electron chi connectivity index (χ0n) is 34.4. The molecule has 0 unspecified atom stereocenters. The summed E-state index contributed by atoms with van der Waals surface area (Å²) >= 11 is 0. The molecule has 0 amide bonds. The number of pyridine rings is 1. The third kappa shape index (κ3) is 6.36. The zero-order valence-corrected chi connectivity index (χ0v) is 34.4. The SMILES string of the molecule is c1ccc(-c2nc3ccccc3c3cc4c5ccccc5n(-c5ccc(N(c6ccc(N(c7ccccc7)c7ccccc7)cc6)c6ccc7ccccc7c6)cc5)c4cc23)cc1. The molecule has 12 aromatic rings. The van der Waals surface area contributed by atoms with Crippen molar-refractivity contribution in [1.29, 1.82) is 0 Å². The van der Waals surface area contributed by atoms with Crippen LogP contribution in [0, 0.1) is 0 Å². The van der Waals surface area contributed by atoms with E-state index >= 15 is 0 Å². The quantitative estimate of drug-likeness (QED) is 0.143. The molecule has 4 nitrogen and oxygen atoms in total. The second-order valence-corrected chi connectivity index (χ2v) is 16.0. The maximum absolute atomic E-state index is 5.27. The molecule has 0 spiro atoms. The summed E-state index contributed by atoms with van der Waals surface area (Å²) in [4.78, 5) is 9.93. The molecule has 63 heavy (non-hydrogen) atoms. The molecule has 4 heteroatoms. The van der Waals surface area contributed by atoms with Crippen molar-refractivity contribution in [3.8, 4) is 16.9 Å². The van der Waals surface area contributed by atoms with Crippen LogP contribution >= 0.6 is 0 Å². The maximum Gasteiger partial charge on any atom is 0.0788 e. The van der Waals surface area contributed by atoms with Crippen molar-refractivity contribution in [3.05, 3.63) is 243 Å². The predicted molar refractivity (Wildman–Crippen MR) is 266 cm³/mol. The minimum absolute atomic E-state index is 0.992. The van der Waals surface area contributed by atoms with E-state index in [-0.39, 0.29) is 0 Å². The van der Waals surface area contributed by atoms with Crippen molar-refractivity contribution in [2.24, 2.45) is 0 Å². The minimum Gasteiger partial charge on any atom is -0.311 e. The van der Waals surface area contributed by atoms with E-state index in [0.29, 0.717) is 0 Å². The second kappa shape index (κ2) is 15.2. The Morgan fingerprint density at radius 3 is 1.49 bits per heavy atom. The molecule has 0 saturated heterocycles. The Hall–Kier alpha value is -8.47. The van der Waals surface area contributed by atoms with Crippen LogP contribution in [0.4, 0.5) is 34.1 Å². The molecule has 0 atom stereocenters. The van der Waals surface area contributed by atoms with Gasteiger partial charge in [-0.25, -0.2) is 4.98 Å². The first-order valence-electron chi connectivity index (χ1n) is 21.5. The largest absolute Gasteiger partial charge is 0.311 e. The summed E-state index contributed by atoms with van der Waals surface area (Å²) in [7, 11) is 0. The van der Waals surface area contributed by atoms with Crippen molar-refractivity contribution in [2.75, 3.05) is 9.80 Å². The lowest BCUT2D eigenvalue weighted by Gasteiger charge is -2.28. The summed E-state index contributed by atoms with van der Waals surface area (Å²) in [5.41, 5.74) is 13.0. The zero-order chi connectivity index (χ0) is 41.7. The van der Waals surface area contributed by atoms with E-state index in [2.05, 4.69) is 257 Å². The minimum atomic E-state index is 0.992. The van der Waals surface area contributed by atoms with Crippen LogP contribution in [0.15, 0.2) is 243 Å². The Bertz CT molecular complexity index is 3560. The first kappa shape index (κ1) is 36.4. The molecule has 0 bridgehead atoms. The number of para-hydroxylation sites is 4. The average Bonchev–Trinajstić information content (AvgIpc) is 3.68. The fourth-order valence-corrected chi connectivity index (χ4v) is 9.37. The standard InChI is InChI=1S/C59H40N4/c1-4-17-42(18-5-1)59-55-40-58-54(39-53(55)51-24-12-14-26-56(51)60-59)52-25-13-15-27-57(52)63(58)49-36-34-48(35-37-49)62(50-29-28-41-16-10-11-19-43(41)38-50)47-32-30-46(31-33-47)61(44-20-6-2-7-21-44)45-22-8-3-9-23-45/h1-40H. The summed E-state index contributed by atoms with van der Waals surface area (Å²) in [6.07, 6.45) is 0. The number of aromatic nitrogens is 2. The van der Waals surface area contributed by atoms with Crippen LogP contribution in [0.1, 0.15) is 0 Å². The van der Waals surface area contributed by atoms with Gasteiger partial charge in [0.25, 0.3) is 0 Å². The van der Waals surface area contributed by atoms with Crippen LogP contribution in [0.5, 0.6) is 0 Å². The predicted octanol–water partition coefficient (Wildman–Crippen LogP) is 16.2. The number of anilines is 6. The molecular weight excluding hydrogens is 765 g/mol. The summed E-state index contributed by atoms with van der Waals surface area (Å²) in [5.74, 6) is 0.